The van der Waals surface area contributed by atoms with Crippen LogP contribution in [0.5, 0.6) is 5.75 Å². The number of hydrogen-bond donors (Lipinski definition) is 1. The Morgan fingerprint density at radius 3 is 2.70 bits per heavy atom. The Hall–Kier alpha value is -2.36. The quantitative estimate of drug-likeness (QED) is 0.877. The third-order valence-electron chi connectivity index (χ3n) is 2.86. The highest BCUT2D eigenvalue weighted by Crippen LogP contribution is 2.12. The predicted molar refractivity (Wildman–Crippen MR) is 77.9 cm³/mol. The van der Waals surface area contributed by atoms with Crippen molar-refractivity contribution in [3.05, 3.63) is 59.9 Å². The Balaban J connectivity index is 1.79. The van der Waals surface area contributed by atoms with Crippen molar-refractivity contribution in [3.63, 3.8) is 0 Å². The molecule has 1 heterocycles. The minimum atomic E-state index is -0.0935. The fraction of sp³-hybridized carbons (Fsp3) is 0.250. The van der Waals surface area contributed by atoms with E-state index in [1.165, 1.54) is 5.56 Å². The first-order valence-corrected chi connectivity index (χ1v) is 6.69. The monoisotopic (exact) mass is 270 g/mol. The van der Waals surface area contributed by atoms with Crippen LogP contribution in [-0.2, 0) is 6.42 Å². The Kier molecular flexibility index (Phi) is 5.12. The molecular weight excluding hydrogens is 252 g/mol. The van der Waals surface area contributed by atoms with Crippen molar-refractivity contribution in [2.45, 2.75) is 13.3 Å². The van der Waals surface area contributed by atoms with Crippen LogP contribution in [0.25, 0.3) is 0 Å². The molecule has 2 aromatic rings. The van der Waals surface area contributed by atoms with Crippen LogP contribution in [0.1, 0.15) is 22.8 Å². The number of aromatic nitrogens is 1. The lowest BCUT2D eigenvalue weighted by molar-refractivity contribution is 0.0954. The van der Waals surface area contributed by atoms with Gasteiger partial charge in [-0.25, -0.2) is 0 Å². The van der Waals surface area contributed by atoms with Crippen molar-refractivity contribution in [1.82, 2.24) is 10.3 Å². The Morgan fingerprint density at radius 1 is 1.25 bits per heavy atom. The van der Waals surface area contributed by atoms with E-state index in [1.54, 1.807) is 24.5 Å². The van der Waals surface area contributed by atoms with Gasteiger partial charge in [-0.15, -0.1) is 0 Å². The average Bonchev–Trinajstić information content (AvgIpc) is 2.50. The molecule has 0 saturated heterocycles. The van der Waals surface area contributed by atoms with Gasteiger partial charge in [-0.3, -0.25) is 9.78 Å². The zero-order valence-corrected chi connectivity index (χ0v) is 11.5. The van der Waals surface area contributed by atoms with E-state index in [4.69, 9.17) is 4.74 Å². The molecule has 0 aliphatic heterocycles. The predicted octanol–water partition coefficient (Wildman–Crippen LogP) is 2.45. The van der Waals surface area contributed by atoms with Crippen molar-refractivity contribution in [2.24, 2.45) is 0 Å². The van der Waals surface area contributed by atoms with E-state index < -0.39 is 0 Å². The number of benzene rings is 1. The van der Waals surface area contributed by atoms with Gasteiger partial charge >= 0.3 is 0 Å². The third kappa shape index (κ3) is 4.09. The summed E-state index contributed by atoms with van der Waals surface area (Å²) in [5.74, 6) is 0.777. The zero-order valence-electron chi connectivity index (χ0n) is 11.5. The molecule has 4 nitrogen and oxygen atoms in total. The van der Waals surface area contributed by atoms with Crippen molar-refractivity contribution in [1.29, 1.82) is 0 Å². The van der Waals surface area contributed by atoms with Gasteiger partial charge in [0.15, 0.2) is 0 Å². The minimum absolute atomic E-state index is 0.0935. The van der Waals surface area contributed by atoms with Gasteiger partial charge in [0.25, 0.3) is 5.91 Å². The molecule has 0 bridgehead atoms. The second-order valence-electron chi connectivity index (χ2n) is 4.32. The summed E-state index contributed by atoms with van der Waals surface area (Å²) in [5, 5.41) is 2.88. The molecule has 20 heavy (non-hydrogen) atoms. The number of nitrogens with one attached hydrogen (secondary N) is 1. The number of carbonyl (C=O) groups excluding carboxylic acids is 1. The SMILES string of the molecule is CCOc1ccc(CCNC(=O)c2cccnc2)cc1. The second kappa shape index (κ2) is 7.28. The maximum atomic E-state index is 11.8. The van der Waals surface area contributed by atoms with Crippen molar-refractivity contribution in [3.8, 4) is 5.75 Å². The highest BCUT2D eigenvalue weighted by molar-refractivity contribution is 5.93. The first-order valence-electron chi connectivity index (χ1n) is 6.69. The van der Waals surface area contributed by atoms with Crippen LogP contribution in [-0.4, -0.2) is 24.0 Å². The molecule has 1 N–H and O–H groups in total. The van der Waals surface area contributed by atoms with Gasteiger partial charge in [-0.05, 0) is 43.2 Å². The molecule has 1 aromatic heterocycles. The molecule has 0 fully saturated rings. The van der Waals surface area contributed by atoms with Gasteiger partial charge in [-0.1, -0.05) is 12.1 Å². The van der Waals surface area contributed by atoms with Crippen LogP contribution < -0.4 is 10.1 Å². The van der Waals surface area contributed by atoms with Crippen LogP contribution in [0.15, 0.2) is 48.8 Å². The topological polar surface area (TPSA) is 51.2 Å². The van der Waals surface area contributed by atoms with E-state index in [-0.39, 0.29) is 5.91 Å². The first-order chi connectivity index (χ1) is 9.79. The smallest absolute Gasteiger partial charge is 0.252 e. The molecule has 0 unspecified atom stereocenters. The van der Waals surface area contributed by atoms with Crippen LogP contribution in [0.2, 0.25) is 0 Å². The van der Waals surface area contributed by atoms with Crippen molar-refractivity contribution < 1.29 is 9.53 Å². The Bertz CT molecular complexity index is 538. The summed E-state index contributed by atoms with van der Waals surface area (Å²) in [7, 11) is 0. The van der Waals surface area contributed by atoms with Gasteiger partial charge in [0.2, 0.25) is 0 Å². The number of carbonyl (C=O) groups is 1. The molecule has 4 heteroatoms. The molecule has 0 saturated carbocycles. The molecule has 104 valence electrons. The summed E-state index contributed by atoms with van der Waals surface area (Å²) in [5.41, 5.74) is 1.75. The van der Waals surface area contributed by atoms with Crippen molar-refractivity contribution >= 4 is 5.91 Å². The van der Waals surface area contributed by atoms with Gasteiger partial charge in [0.05, 0.1) is 12.2 Å². The summed E-state index contributed by atoms with van der Waals surface area (Å²) in [4.78, 5) is 15.7. The molecule has 1 amide bonds. The molecule has 0 aliphatic carbocycles. The summed E-state index contributed by atoms with van der Waals surface area (Å²) in [6.07, 6.45) is 4.00. The van der Waals surface area contributed by atoms with E-state index in [0.717, 1.165) is 12.2 Å². The zero-order chi connectivity index (χ0) is 14.2. The van der Waals surface area contributed by atoms with Crippen molar-refractivity contribution in [2.75, 3.05) is 13.2 Å². The lowest BCUT2D eigenvalue weighted by Gasteiger charge is -2.06. The Morgan fingerprint density at radius 2 is 2.05 bits per heavy atom. The lowest BCUT2D eigenvalue weighted by atomic mass is 10.1. The summed E-state index contributed by atoms with van der Waals surface area (Å²) in [6.45, 7) is 3.23. The molecule has 1 aromatic carbocycles. The summed E-state index contributed by atoms with van der Waals surface area (Å²) < 4.78 is 5.38. The number of pyridine rings is 1. The number of rotatable bonds is 6. The van der Waals surface area contributed by atoms with Gasteiger partial charge in [0, 0.05) is 18.9 Å². The maximum Gasteiger partial charge on any atom is 0.252 e. The second-order valence-corrected chi connectivity index (χ2v) is 4.32. The maximum absolute atomic E-state index is 11.8. The molecule has 0 spiro atoms. The Labute approximate surface area is 118 Å². The number of nitrogens with zero attached hydrogens (tertiary/aromatic N) is 1. The minimum Gasteiger partial charge on any atom is -0.494 e. The molecule has 0 atom stereocenters. The fourth-order valence-corrected chi connectivity index (χ4v) is 1.84. The summed E-state index contributed by atoms with van der Waals surface area (Å²) in [6, 6.07) is 11.4. The highest BCUT2D eigenvalue weighted by Gasteiger charge is 2.04. The molecule has 0 radical (unpaired) electrons. The number of hydrogen-bond acceptors (Lipinski definition) is 3. The average molecular weight is 270 g/mol. The first kappa shape index (κ1) is 14.1. The number of amides is 1. The van der Waals surface area contributed by atoms with Crippen LogP contribution in [0.4, 0.5) is 0 Å². The van der Waals surface area contributed by atoms with E-state index in [9.17, 15) is 4.79 Å². The van der Waals surface area contributed by atoms with Crippen LogP contribution in [0, 0.1) is 0 Å². The summed E-state index contributed by atoms with van der Waals surface area (Å²) >= 11 is 0. The van der Waals surface area contributed by atoms with Gasteiger partial charge < -0.3 is 10.1 Å². The van der Waals surface area contributed by atoms with E-state index >= 15 is 0 Å². The van der Waals surface area contributed by atoms with Crippen LogP contribution in [0.3, 0.4) is 0 Å². The molecular formula is C16H18N2O2. The van der Waals surface area contributed by atoms with E-state index in [0.29, 0.717) is 18.7 Å². The van der Waals surface area contributed by atoms with E-state index in [1.807, 2.05) is 31.2 Å². The number of ether oxygens (including phenoxy) is 1. The lowest BCUT2D eigenvalue weighted by Crippen LogP contribution is -2.25. The van der Waals surface area contributed by atoms with Gasteiger partial charge in [0.1, 0.15) is 5.75 Å². The molecule has 2 rings (SSSR count). The highest BCUT2D eigenvalue weighted by atomic mass is 16.5. The molecule has 0 aliphatic rings. The fourth-order valence-electron chi connectivity index (χ4n) is 1.84. The van der Waals surface area contributed by atoms with Crippen LogP contribution >= 0.6 is 0 Å². The standard InChI is InChI=1S/C16H18N2O2/c1-2-20-15-7-5-13(6-8-15)9-11-18-16(19)14-4-3-10-17-12-14/h3-8,10,12H,2,9,11H2,1H3,(H,18,19). The third-order valence-corrected chi connectivity index (χ3v) is 2.86. The normalized spacial score (nSPS) is 10.1. The van der Waals surface area contributed by atoms with Gasteiger partial charge in [-0.2, -0.15) is 0 Å². The van der Waals surface area contributed by atoms with E-state index in [2.05, 4.69) is 10.3 Å². The largest absolute Gasteiger partial charge is 0.494 e.